The van der Waals surface area contributed by atoms with Crippen LogP contribution in [0.4, 0.5) is 0 Å². The van der Waals surface area contributed by atoms with Crippen molar-refractivity contribution < 1.29 is 4.43 Å². The van der Waals surface area contributed by atoms with Gasteiger partial charge in [-0.2, -0.15) is 0 Å². The Bertz CT molecular complexity index is 227. The summed E-state index contributed by atoms with van der Waals surface area (Å²) in [6.07, 6.45) is 0. The summed E-state index contributed by atoms with van der Waals surface area (Å²) in [5.74, 6) is 0. The molecule has 0 saturated heterocycles. The summed E-state index contributed by atoms with van der Waals surface area (Å²) in [5, 5.41) is 3.11. The Hall–Kier alpha value is -0.643. The largest absolute Gasteiger partial charge is 0.424 e. The van der Waals surface area contributed by atoms with Crippen molar-refractivity contribution in [3.05, 3.63) is 35.9 Å². The molecule has 0 aliphatic heterocycles. The van der Waals surface area contributed by atoms with Gasteiger partial charge in [-0.3, -0.25) is 0 Å². The van der Waals surface area contributed by atoms with E-state index in [1.54, 1.807) is 0 Å². The topological polar surface area (TPSA) is 21.3 Å². The summed E-state index contributed by atoms with van der Waals surface area (Å²) >= 11 is 0. The lowest BCUT2D eigenvalue weighted by molar-refractivity contribution is 0.360. The molecule has 0 radical (unpaired) electrons. The number of hydrogen-bond donors (Lipinski definition) is 1. The summed E-state index contributed by atoms with van der Waals surface area (Å²) < 4.78 is 5.38. The first-order chi connectivity index (χ1) is 7.85. The van der Waals surface area contributed by atoms with Gasteiger partial charge >= 0.3 is 0 Å². The molecule has 1 aromatic rings. The average molecular weight is 239 g/mol. The lowest BCUT2D eigenvalue weighted by Gasteiger charge is -1.99. The van der Waals surface area contributed by atoms with E-state index in [-0.39, 0.29) is 9.76 Å². The monoisotopic (exact) mass is 239 g/mol. The molecule has 3 heteroatoms. The van der Waals surface area contributed by atoms with Crippen LogP contribution in [0.15, 0.2) is 30.3 Å². The highest BCUT2D eigenvalue weighted by molar-refractivity contribution is 6.26. The third-order valence-corrected chi connectivity index (χ3v) is 3.56. The fourth-order valence-electron chi connectivity index (χ4n) is 1.23. The number of rotatable bonds is 6. The first kappa shape index (κ1) is 15.4. The fourth-order valence-corrected chi connectivity index (χ4v) is 2.23. The standard InChI is InChI=1S/C9H14OSi.C4H11N/c1-2-10-11-8-9-6-4-3-5-7-9;1-3-5-4-2/h3-7H,2,8,11H2,1H3;5H,3-4H2,1-2H3. The first-order valence-corrected chi connectivity index (χ1v) is 7.75. The zero-order chi connectivity index (χ0) is 12.1. The molecule has 0 fully saturated rings. The molecule has 0 aliphatic carbocycles. The van der Waals surface area contributed by atoms with Crippen molar-refractivity contribution in [1.82, 2.24) is 5.32 Å². The number of hydrogen-bond acceptors (Lipinski definition) is 2. The SMILES string of the molecule is CCNCC.CCO[SiH2]Cc1ccccc1. The van der Waals surface area contributed by atoms with Gasteiger partial charge in [0.15, 0.2) is 9.76 Å². The van der Waals surface area contributed by atoms with Crippen LogP contribution >= 0.6 is 0 Å². The Morgan fingerprint density at radius 1 is 1.06 bits per heavy atom. The van der Waals surface area contributed by atoms with Crippen molar-refractivity contribution in [2.45, 2.75) is 26.8 Å². The molecule has 1 N–H and O–H groups in total. The van der Waals surface area contributed by atoms with E-state index in [9.17, 15) is 0 Å². The molecule has 0 amide bonds. The maximum Gasteiger partial charge on any atom is 0.165 e. The lowest BCUT2D eigenvalue weighted by Crippen LogP contribution is -2.09. The average Bonchev–Trinajstić information content (AvgIpc) is 2.33. The Morgan fingerprint density at radius 3 is 2.12 bits per heavy atom. The van der Waals surface area contributed by atoms with Crippen LogP contribution in [0.3, 0.4) is 0 Å². The van der Waals surface area contributed by atoms with Gasteiger partial charge in [0.1, 0.15) is 0 Å². The van der Waals surface area contributed by atoms with E-state index in [1.165, 1.54) is 5.56 Å². The summed E-state index contributed by atoms with van der Waals surface area (Å²) in [6, 6.07) is 11.7. The molecule has 0 aliphatic rings. The van der Waals surface area contributed by atoms with Gasteiger partial charge in [0.2, 0.25) is 0 Å². The van der Waals surface area contributed by atoms with Gasteiger partial charge in [-0.1, -0.05) is 44.2 Å². The van der Waals surface area contributed by atoms with Gasteiger partial charge < -0.3 is 9.74 Å². The second-order valence-electron chi connectivity index (χ2n) is 3.39. The quantitative estimate of drug-likeness (QED) is 0.605. The summed E-state index contributed by atoms with van der Waals surface area (Å²) in [4.78, 5) is 0. The molecule has 16 heavy (non-hydrogen) atoms. The van der Waals surface area contributed by atoms with Gasteiger partial charge in [-0.05, 0) is 31.6 Å². The molecule has 0 bridgehead atoms. The predicted molar refractivity (Wildman–Crippen MR) is 74.5 cm³/mol. The summed E-state index contributed by atoms with van der Waals surface area (Å²) in [6.45, 7) is 9.32. The van der Waals surface area contributed by atoms with Gasteiger partial charge in [0.05, 0.1) is 0 Å². The van der Waals surface area contributed by atoms with Crippen molar-refractivity contribution in [1.29, 1.82) is 0 Å². The predicted octanol–water partition coefficient (Wildman–Crippen LogP) is 1.92. The molecule has 0 spiro atoms. The summed E-state index contributed by atoms with van der Waals surface area (Å²) in [5.41, 5.74) is 1.41. The Morgan fingerprint density at radius 2 is 1.69 bits per heavy atom. The maximum atomic E-state index is 5.38. The molecule has 0 heterocycles. The van der Waals surface area contributed by atoms with E-state index >= 15 is 0 Å². The Labute approximate surface area is 102 Å². The van der Waals surface area contributed by atoms with Crippen LogP contribution in [0.25, 0.3) is 0 Å². The van der Waals surface area contributed by atoms with Gasteiger partial charge in [0.25, 0.3) is 0 Å². The van der Waals surface area contributed by atoms with Crippen LogP contribution in [0.5, 0.6) is 0 Å². The second kappa shape index (κ2) is 12.4. The minimum absolute atomic E-state index is 0.287. The van der Waals surface area contributed by atoms with Crippen molar-refractivity contribution in [3.8, 4) is 0 Å². The number of nitrogens with one attached hydrogen (secondary N) is 1. The van der Waals surface area contributed by atoms with Crippen LogP contribution in [-0.2, 0) is 10.5 Å². The highest BCUT2D eigenvalue weighted by atomic mass is 28.2. The van der Waals surface area contributed by atoms with Crippen LogP contribution < -0.4 is 5.32 Å². The Balaban J connectivity index is 0.000000385. The summed E-state index contributed by atoms with van der Waals surface area (Å²) in [7, 11) is -0.287. The zero-order valence-corrected chi connectivity index (χ0v) is 12.2. The highest BCUT2D eigenvalue weighted by Crippen LogP contribution is 1.97. The molecular formula is C13H25NOSi. The molecule has 1 aromatic carbocycles. The van der Waals surface area contributed by atoms with Crippen LogP contribution in [0, 0.1) is 0 Å². The van der Waals surface area contributed by atoms with E-state index in [0.717, 1.165) is 25.7 Å². The van der Waals surface area contributed by atoms with E-state index < -0.39 is 0 Å². The van der Waals surface area contributed by atoms with E-state index in [1.807, 2.05) is 6.07 Å². The molecule has 92 valence electrons. The van der Waals surface area contributed by atoms with Gasteiger partial charge in [0, 0.05) is 6.61 Å². The fraction of sp³-hybridized carbons (Fsp3) is 0.538. The number of benzene rings is 1. The Kier molecular flexibility index (Phi) is 11.9. The van der Waals surface area contributed by atoms with Gasteiger partial charge in [-0.15, -0.1) is 0 Å². The van der Waals surface area contributed by atoms with E-state index in [4.69, 9.17) is 4.43 Å². The van der Waals surface area contributed by atoms with Crippen molar-refractivity contribution in [2.24, 2.45) is 0 Å². The van der Waals surface area contributed by atoms with Crippen molar-refractivity contribution in [2.75, 3.05) is 19.7 Å². The maximum absolute atomic E-state index is 5.38. The molecule has 0 unspecified atom stereocenters. The molecule has 1 rings (SSSR count). The second-order valence-corrected chi connectivity index (χ2v) is 4.71. The molecule has 0 atom stereocenters. The third-order valence-electron chi connectivity index (χ3n) is 2.08. The van der Waals surface area contributed by atoms with Crippen LogP contribution in [-0.4, -0.2) is 29.5 Å². The van der Waals surface area contributed by atoms with Crippen LogP contribution in [0.1, 0.15) is 26.3 Å². The molecule has 2 nitrogen and oxygen atoms in total. The minimum Gasteiger partial charge on any atom is -0.424 e. The molecule has 0 saturated carbocycles. The van der Waals surface area contributed by atoms with Crippen molar-refractivity contribution >= 4 is 9.76 Å². The minimum atomic E-state index is -0.287. The normalized spacial score (nSPS) is 10.2. The highest BCUT2D eigenvalue weighted by Gasteiger charge is 1.90. The third kappa shape index (κ3) is 9.89. The van der Waals surface area contributed by atoms with E-state index in [2.05, 4.69) is 50.4 Å². The van der Waals surface area contributed by atoms with Crippen LogP contribution in [0.2, 0.25) is 0 Å². The first-order valence-electron chi connectivity index (χ1n) is 6.17. The zero-order valence-electron chi connectivity index (χ0n) is 10.8. The van der Waals surface area contributed by atoms with E-state index in [0.29, 0.717) is 0 Å². The molecule has 0 aromatic heterocycles. The van der Waals surface area contributed by atoms with Gasteiger partial charge in [-0.25, -0.2) is 0 Å². The lowest BCUT2D eigenvalue weighted by atomic mass is 10.2. The smallest absolute Gasteiger partial charge is 0.165 e. The molecular weight excluding hydrogens is 214 g/mol. The van der Waals surface area contributed by atoms with Crippen molar-refractivity contribution in [3.63, 3.8) is 0 Å².